The number of aliphatic carboxylic acids is 2. The molecule has 0 unspecified atom stereocenters. The molecule has 2 aromatic carbocycles. The van der Waals surface area contributed by atoms with Crippen molar-refractivity contribution < 1.29 is 24.5 Å². The van der Waals surface area contributed by atoms with E-state index < -0.39 is 34.4 Å². The number of carboxylic acids is 2. The number of hydrogen-bond acceptors (Lipinski definition) is 10. The maximum Gasteiger partial charge on any atom is 0.332 e. The quantitative estimate of drug-likeness (QED) is 0.196. The Balaban J connectivity index is 0.000000178. The zero-order valence-corrected chi connectivity index (χ0v) is 30.1. The first-order valence-electron chi connectivity index (χ1n) is 16.2. The summed E-state index contributed by atoms with van der Waals surface area (Å²) in [5.41, 5.74) is 0.877. The highest BCUT2D eigenvalue weighted by Gasteiger charge is 2.17. The van der Waals surface area contributed by atoms with Gasteiger partial charge in [0, 0.05) is 34.7 Å². The first kappa shape index (κ1) is 39.4. The molecule has 0 atom stereocenters. The van der Waals surface area contributed by atoms with E-state index in [1.807, 2.05) is 12.1 Å². The fourth-order valence-corrected chi connectivity index (χ4v) is 5.32. The molecule has 0 saturated heterocycles. The van der Waals surface area contributed by atoms with Crippen molar-refractivity contribution >= 4 is 34.3 Å². The van der Waals surface area contributed by atoms with E-state index in [2.05, 4.69) is 77.5 Å². The maximum absolute atomic E-state index is 11.9. The first-order valence-corrected chi connectivity index (χ1v) is 16.2. The van der Waals surface area contributed by atoms with Crippen molar-refractivity contribution in [2.24, 2.45) is 28.2 Å². The summed E-state index contributed by atoms with van der Waals surface area (Å²) in [6, 6.07) is 20.8. The van der Waals surface area contributed by atoms with Crippen molar-refractivity contribution in [3.63, 3.8) is 0 Å². The van der Waals surface area contributed by atoms with E-state index in [1.165, 1.54) is 70.2 Å². The summed E-state index contributed by atoms with van der Waals surface area (Å²) in [6.45, 7) is 0.908. The lowest BCUT2D eigenvalue weighted by molar-refractivity contribution is -0.138. The second-order valence-corrected chi connectivity index (χ2v) is 12.2. The Morgan fingerprint density at radius 1 is 0.660 bits per heavy atom. The summed E-state index contributed by atoms with van der Waals surface area (Å²) in [4.78, 5) is 78.1. The molecule has 0 amide bonds. The zero-order chi connectivity index (χ0) is 39.0. The Hall–Kier alpha value is -6.40. The van der Waals surface area contributed by atoms with Crippen molar-refractivity contribution in [3.8, 4) is 0 Å². The number of fused-ring (bicyclic) bond motifs is 2. The summed E-state index contributed by atoms with van der Waals surface area (Å²) in [5.74, 6) is -2.17. The van der Waals surface area contributed by atoms with Crippen LogP contribution in [0.2, 0.25) is 0 Å². The fraction of sp³-hybridized carbons (Fsp3) is 0.314. The van der Waals surface area contributed by atoms with E-state index in [0.717, 1.165) is 22.3 Å². The van der Waals surface area contributed by atoms with Gasteiger partial charge in [-0.3, -0.25) is 37.4 Å². The van der Waals surface area contributed by atoms with Crippen LogP contribution in [-0.2, 0) is 55.6 Å². The van der Waals surface area contributed by atoms with Gasteiger partial charge in [-0.05, 0) is 25.2 Å². The molecular weight excluding hydrogens is 690 g/mol. The number of aromatic nitrogens is 8. The lowest BCUT2D eigenvalue weighted by Crippen LogP contribution is -2.37. The molecule has 6 aromatic rings. The highest BCUT2D eigenvalue weighted by Crippen LogP contribution is 2.25. The smallest absolute Gasteiger partial charge is 0.332 e. The fourth-order valence-electron chi connectivity index (χ4n) is 5.32. The monoisotopic (exact) mass is 731 g/mol. The number of carbonyl (C=O) groups is 2. The van der Waals surface area contributed by atoms with E-state index >= 15 is 0 Å². The van der Waals surface area contributed by atoms with Gasteiger partial charge in [-0.25, -0.2) is 19.6 Å². The van der Waals surface area contributed by atoms with E-state index in [-0.39, 0.29) is 41.5 Å². The normalized spacial score (nSPS) is 11.0. The first-order chi connectivity index (χ1) is 25.1. The van der Waals surface area contributed by atoms with Gasteiger partial charge in [0.15, 0.2) is 22.3 Å². The van der Waals surface area contributed by atoms with E-state index in [4.69, 9.17) is 14.9 Å². The summed E-state index contributed by atoms with van der Waals surface area (Å²) >= 11 is 0. The van der Waals surface area contributed by atoms with Crippen molar-refractivity contribution in [1.29, 1.82) is 0 Å². The molecule has 0 saturated carbocycles. The summed E-state index contributed by atoms with van der Waals surface area (Å²) in [6.07, 6.45) is 2.49. The topological polar surface area (TPSA) is 211 Å². The zero-order valence-electron chi connectivity index (χ0n) is 30.1. The van der Waals surface area contributed by atoms with Crippen molar-refractivity contribution in [3.05, 3.63) is 126 Å². The molecule has 0 bridgehead atoms. The van der Waals surface area contributed by atoms with Crippen LogP contribution < -0.4 is 22.5 Å². The van der Waals surface area contributed by atoms with Crippen molar-refractivity contribution in [1.82, 2.24) is 42.3 Å². The number of rotatable bonds is 10. The third-order valence-electron chi connectivity index (χ3n) is 8.07. The predicted molar refractivity (Wildman–Crippen MR) is 195 cm³/mol. The van der Waals surface area contributed by atoms with Gasteiger partial charge in [0.2, 0.25) is 0 Å². The van der Waals surface area contributed by atoms with Gasteiger partial charge in [0.1, 0.15) is 19.2 Å². The third kappa shape index (κ3) is 9.10. The summed E-state index contributed by atoms with van der Waals surface area (Å²) < 4.78 is 12.7. The minimum absolute atomic E-state index is 0.0161. The Labute approximate surface area is 301 Å². The van der Waals surface area contributed by atoms with Gasteiger partial charge in [-0.2, -0.15) is 0 Å². The molecule has 0 radical (unpaired) electrons. The van der Waals surface area contributed by atoms with Crippen molar-refractivity contribution in [2.75, 3.05) is 27.2 Å². The lowest BCUT2D eigenvalue weighted by atomic mass is 10.0. The number of likely N-dealkylation sites (N-methyl/N-ethyl adjacent to an activating group) is 1. The average Bonchev–Trinajstić information content (AvgIpc) is 3.75. The number of carboxylic acid groups (broad SMARTS) is 2. The Morgan fingerprint density at radius 3 is 1.38 bits per heavy atom. The minimum Gasteiger partial charge on any atom is -0.480 e. The Morgan fingerprint density at radius 2 is 1.04 bits per heavy atom. The van der Waals surface area contributed by atoms with Gasteiger partial charge < -0.3 is 29.0 Å². The van der Waals surface area contributed by atoms with Crippen LogP contribution in [0.3, 0.4) is 0 Å². The molecule has 0 aliphatic heterocycles. The van der Waals surface area contributed by atoms with Gasteiger partial charge in [-0.1, -0.05) is 60.7 Å². The van der Waals surface area contributed by atoms with E-state index in [9.17, 15) is 28.8 Å². The molecule has 18 nitrogen and oxygen atoms in total. The lowest BCUT2D eigenvalue weighted by Gasteiger charge is -2.20. The van der Waals surface area contributed by atoms with Gasteiger partial charge in [0.25, 0.3) is 11.1 Å². The van der Waals surface area contributed by atoms with Crippen LogP contribution in [0.15, 0.2) is 92.5 Å². The molecule has 0 spiro atoms. The van der Waals surface area contributed by atoms with E-state index in [1.54, 1.807) is 0 Å². The largest absolute Gasteiger partial charge is 0.480 e. The van der Waals surface area contributed by atoms with Crippen LogP contribution in [0, 0.1) is 0 Å². The second-order valence-electron chi connectivity index (χ2n) is 12.2. The highest BCUT2D eigenvalue weighted by atomic mass is 16.5. The molecule has 4 heterocycles. The van der Waals surface area contributed by atoms with Gasteiger partial charge in [0.05, 0.1) is 19.3 Å². The molecule has 0 aliphatic rings. The number of imidazole rings is 2. The van der Waals surface area contributed by atoms with Crippen molar-refractivity contribution in [2.45, 2.75) is 19.2 Å². The molecule has 0 fully saturated rings. The van der Waals surface area contributed by atoms with Gasteiger partial charge >= 0.3 is 23.3 Å². The SMILES string of the molecule is CN(C)CCOC(c1ccccc1)c1ccccc1.Cn1c(=O)c2c(ncn2CC(=O)O)n(C)c1=O.Cn1c(=O)c2c(ncn2CC(=O)O)n(C)c1=O. The molecule has 280 valence electrons. The number of nitrogens with zero attached hydrogens (tertiary/aromatic N) is 9. The molecule has 2 N–H and O–H groups in total. The van der Waals surface area contributed by atoms with Crippen LogP contribution in [0.25, 0.3) is 22.3 Å². The summed E-state index contributed by atoms with van der Waals surface area (Å²) in [7, 11) is 9.74. The van der Waals surface area contributed by atoms with Crippen LogP contribution >= 0.6 is 0 Å². The van der Waals surface area contributed by atoms with Gasteiger partial charge in [-0.15, -0.1) is 0 Å². The summed E-state index contributed by atoms with van der Waals surface area (Å²) in [5, 5.41) is 17.4. The number of ether oxygens (including phenoxy) is 1. The third-order valence-corrected chi connectivity index (χ3v) is 8.07. The Bertz CT molecular complexity index is 2290. The highest BCUT2D eigenvalue weighted by molar-refractivity contribution is 5.75. The van der Waals surface area contributed by atoms with Crippen LogP contribution in [0.5, 0.6) is 0 Å². The molecule has 0 aliphatic carbocycles. The standard InChI is InChI=1S/C17H21NO.2C9H10N4O4/c1-18(2)13-14-19-17(15-9-5-3-6-10-15)16-11-7-4-8-12-16;2*1-11-7-6(8(16)12(2)9(11)17)13(4-10-7)3-5(14)15/h3-12,17H,13-14H2,1-2H3;2*4H,3H2,1-2H3,(H,14,15). The van der Waals surface area contributed by atoms with E-state index in [0.29, 0.717) is 0 Å². The van der Waals surface area contributed by atoms with Crippen LogP contribution in [-0.4, -0.2) is 91.7 Å². The average molecular weight is 732 g/mol. The number of aryl methyl sites for hydroxylation is 2. The molecular formula is C35H41N9O9. The second kappa shape index (κ2) is 17.2. The number of benzene rings is 2. The predicted octanol–water partition coefficient (Wildman–Crippen LogP) is 0.391. The maximum atomic E-state index is 11.9. The van der Waals surface area contributed by atoms with Crippen LogP contribution in [0.1, 0.15) is 17.2 Å². The minimum atomic E-state index is -1.08. The molecule has 4 aromatic heterocycles. The molecule has 18 heteroatoms. The molecule has 53 heavy (non-hydrogen) atoms. The number of hydrogen-bond donors (Lipinski definition) is 2. The van der Waals surface area contributed by atoms with Crippen LogP contribution in [0.4, 0.5) is 0 Å². The Kier molecular flexibility index (Phi) is 12.8. The molecule has 6 rings (SSSR count).